The van der Waals surface area contributed by atoms with E-state index in [1.54, 1.807) is 37.3 Å². The molecule has 2 aliphatic heterocycles. The number of rotatable bonds is 12. The summed E-state index contributed by atoms with van der Waals surface area (Å²) in [4.78, 5) is 32.4. The number of ether oxygens (including phenoxy) is 4. The molecule has 2 fully saturated rings. The number of urea groups is 1. The zero-order valence-electron chi connectivity index (χ0n) is 29.6. The number of nitrogens with zero attached hydrogens (tertiary/aromatic N) is 4. The number of fused-ring (bicyclic) bond motifs is 3. The van der Waals surface area contributed by atoms with Gasteiger partial charge in [0.05, 0.1) is 41.8 Å². The third-order valence-electron chi connectivity index (χ3n) is 9.34. The molecule has 3 aromatic heterocycles. The predicted molar refractivity (Wildman–Crippen MR) is 196 cm³/mol. The molecule has 54 heavy (non-hydrogen) atoms. The van der Waals surface area contributed by atoms with E-state index in [1.807, 2.05) is 30.5 Å². The Morgan fingerprint density at radius 1 is 1.04 bits per heavy atom. The van der Waals surface area contributed by atoms with Crippen LogP contribution in [-0.4, -0.2) is 129 Å². The van der Waals surface area contributed by atoms with Gasteiger partial charge in [-0.1, -0.05) is 42.5 Å². The molecule has 0 spiro atoms. The van der Waals surface area contributed by atoms with Gasteiger partial charge in [0.1, 0.15) is 30.3 Å². The molecule has 2 amide bonds. The lowest BCUT2D eigenvalue weighted by Crippen LogP contribution is -2.44. The summed E-state index contributed by atoms with van der Waals surface area (Å²) in [6.45, 7) is 8.24. The molecule has 0 bridgehead atoms. The van der Waals surface area contributed by atoms with Crippen molar-refractivity contribution >= 4 is 50.0 Å². The number of benzene rings is 2. The van der Waals surface area contributed by atoms with E-state index in [0.717, 1.165) is 65.0 Å². The molecule has 5 aromatic rings. The maximum absolute atomic E-state index is 12.8. The van der Waals surface area contributed by atoms with Gasteiger partial charge in [-0.25, -0.2) is 14.6 Å². The van der Waals surface area contributed by atoms with Gasteiger partial charge in [0.2, 0.25) is 0 Å². The summed E-state index contributed by atoms with van der Waals surface area (Å²) < 4.78 is 31.0. The van der Waals surface area contributed by atoms with Crippen LogP contribution in [0.25, 0.3) is 26.4 Å². The Morgan fingerprint density at radius 3 is 2.57 bits per heavy atom. The normalized spacial score (nSPS) is 22.6. The molecule has 0 radical (unpaired) electrons. The minimum atomic E-state index is -1.79. The number of carboxylic acids is 1. The molecule has 17 nitrogen and oxygen atoms in total. The van der Waals surface area contributed by atoms with Crippen molar-refractivity contribution in [2.24, 2.45) is 0 Å². The summed E-state index contributed by atoms with van der Waals surface area (Å²) in [7, 11) is 0. The fourth-order valence-corrected chi connectivity index (χ4v) is 7.25. The zero-order valence-corrected chi connectivity index (χ0v) is 30.4. The zero-order chi connectivity index (χ0) is 38.0. The van der Waals surface area contributed by atoms with Crippen LogP contribution in [0.4, 0.5) is 16.3 Å². The van der Waals surface area contributed by atoms with Crippen LogP contribution in [0.2, 0.25) is 0 Å². The summed E-state index contributed by atoms with van der Waals surface area (Å²) in [5.74, 6) is -0.225. The molecule has 6 N–H and O–H groups in total. The Hall–Kier alpha value is -4.66. The number of amides is 2. The van der Waals surface area contributed by atoms with Gasteiger partial charge in [-0.2, -0.15) is 0 Å². The number of imidazole rings is 1. The highest BCUT2D eigenvalue weighted by Crippen LogP contribution is 2.33. The maximum atomic E-state index is 12.8. The highest BCUT2D eigenvalue weighted by molar-refractivity contribution is 7.23. The van der Waals surface area contributed by atoms with Crippen molar-refractivity contribution in [2.45, 2.75) is 56.4 Å². The molecule has 3 unspecified atom stereocenters. The number of hydrogen-bond donors (Lipinski definition) is 6. The monoisotopic (exact) mass is 766 g/mol. The number of hydrogen-bond acceptors (Lipinski definition) is 14. The lowest BCUT2D eigenvalue weighted by molar-refractivity contribution is -0.229. The quantitative estimate of drug-likeness (QED) is 0.107. The average Bonchev–Trinajstić information content (AvgIpc) is 3.86. The number of aliphatic hydroxyl groups excluding tert-OH is 3. The highest BCUT2D eigenvalue weighted by atomic mass is 32.1. The number of carboxylic acid groups (broad SMARTS) is 1. The SMILES string of the molecule is CC(C)(CO[C@@H]1OC(C(=O)O)[C@@H](O)C(O)CC1O)c1cc(NC(=O)Nc2ccc(-c3cn4c(n3)sc3cc(OCCN5CCOCC5)ccc34)cc2)no1. The van der Waals surface area contributed by atoms with Crippen LogP contribution < -0.4 is 15.4 Å². The van der Waals surface area contributed by atoms with E-state index in [-0.39, 0.29) is 18.8 Å². The van der Waals surface area contributed by atoms with Gasteiger partial charge in [-0.05, 0) is 30.3 Å². The Kier molecular flexibility index (Phi) is 11.1. The predicted octanol–water partition coefficient (Wildman–Crippen LogP) is 3.14. The molecule has 5 heterocycles. The van der Waals surface area contributed by atoms with Gasteiger partial charge >= 0.3 is 12.0 Å². The number of anilines is 2. The first-order chi connectivity index (χ1) is 25.9. The third-order valence-corrected chi connectivity index (χ3v) is 10.4. The Bertz CT molecular complexity index is 2080. The van der Waals surface area contributed by atoms with E-state index in [2.05, 4.69) is 31.2 Å². The maximum Gasteiger partial charge on any atom is 0.335 e. The molecule has 7 rings (SSSR count). The highest BCUT2D eigenvalue weighted by Gasteiger charge is 2.43. The largest absolute Gasteiger partial charge is 0.492 e. The van der Waals surface area contributed by atoms with Crippen molar-refractivity contribution in [2.75, 3.05) is 56.7 Å². The number of aromatic nitrogens is 3. The second-order valence-corrected chi connectivity index (χ2v) is 14.9. The molecule has 5 atom stereocenters. The number of aliphatic hydroxyl groups is 3. The first-order valence-electron chi connectivity index (χ1n) is 17.5. The molecule has 0 aliphatic carbocycles. The molecule has 2 aromatic carbocycles. The number of carbonyl (C=O) groups excluding carboxylic acids is 1. The lowest BCUT2D eigenvalue weighted by atomic mass is 9.91. The second-order valence-electron chi connectivity index (χ2n) is 13.9. The molecule has 288 valence electrons. The van der Waals surface area contributed by atoms with Crippen LogP contribution in [0.1, 0.15) is 26.0 Å². The van der Waals surface area contributed by atoms with Crippen molar-refractivity contribution in [3.63, 3.8) is 0 Å². The lowest BCUT2D eigenvalue weighted by Gasteiger charge is -2.28. The topological polar surface area (TPSA) is 223 Å². The van der Waals surface area contributed by atoms with E-state index in [1.165, 1.54) is 6.07 Å². The van der Waals surface area contributed by atoms with Crippen LogP contribution >= 0.6 is 11.3 Å². The van der Waals surface area contributed by atoms with Gasteiger partial charge < -0.3 is 49.2 Å². The molecular weight excluding hydrogens is 724 g/mol. The summed E-state index contributed by atoms with van der Waals surface area (Å²) in [5, 5.41) is 49.2. The first kappa shape index (κ1) is 37.6. The molecule has 18 heteroatoms. The number of thiazole rings is 1. The summed E-state index contributed by atoms with van der Waals surface area (Å²) in [6, 6.07) is 14.3. The van der Waals surface area contributed by atoms with E-state index in [0.29, 0.717) is 18.1 Å². The van der Waals surface area contributed by atoms with Crippen LogP contribution in [0.5, 0.6) is 5.75 Å². The molecular formula is C36H42N6O11S. The Labute approximate surface area is 313 Å². The minimum absolute atomic E-state index is 0.128. The van der Waals surface area contributed by atoms with Crippen LogP contribution in [0, 0.1) is 0 Å². The summed E-state index contributed by atoms with van der Waals surface area (Å²) in [6.07, 6.45) is -6.25. The van der Waals surface area contributed by atoms with Crippen molar-refractivity contribution in [1.82, 2.24) is 19.4 Å². The van der Waals surface area contributed by atoms with E-state index in [9.17, 15) is 30.0 Å². The first-order valence-corrected chi connectivity index (χ1v) is 18.3. The second kappa shape index (κ2) is 16.0. The fraction of sp³-hybridized carbons (Fsp3) is 0.444. The standard InChI is InChI=1S/C36H42N6O11S/c1-36(2,19-51-33-26(44)16-25(43)30(45)31(52-33)32(46)47)28-17-29(40-53-28)39-34(48)37-21-5-3-20(4-6-21)23-18-42-24-8-7-22(15-27(24)54-35(42)38-23)50-14-11-41-9-12-49-13-10-41/h3-8,15,17-18,25-26,30-31,33,43-45H,9-14,16,19H2,1-2H3,(H,46,47)(H2,37,39,40,48)/t25?,26?,30-,31?,33+/m0/s1. The third kappa shape index (κ3) is 8.50. The van der Waals surface area contributed by atoms with E-state index >= 15 is 0 Å². The van der Waals surface area contributed by atoms with Gasteiger partial charge in [0.25, 0.3) is 0 Å². The summed E-state index contributed by atoms with van der Waals surface area (Å²) >= 11 is 1.59. The van der Waals surface area contributed by atoms with Crippen molar-refractivity contribution in [3.8, 4) is 17.0 Å². The summed E-state index contributed by atoms with van der Waals surface area (Å²) in [5.41, 5.74) is 2.38. The van der Waals surface area contributed by atoms with Gasteiger partial charge in [0.15, 0.2) is 23.2 Å². The smallest absolute Gasteiger partial charge is 0.335 e. The van der Waals surface area contributed by atoms with E-state index < -0.39 is 48.1 Å². The van der Waals surface area contributed by atoms with Crippen LogP contribution in [0.15, 0.2) is 59.3 Å². The molecule has 2 saturated heterocycles. The number of morpholine rings is 1. The van der Waals surface area contributed by atoms with Crippen LogP contribution in [-0.2, 0) is 24.4 Å². The molecule has 0 saturated carbocycles. The van der Waals surface area contributed by atoms with Crippen molar-refractivity contribution < 1.29 is 53.5 Å². The number of aliphatic carboxylic acids is 1. The number of nitrogens with one attached hydrogen (secondary N) is 2. The average molecular weight is 767 g/mol. The van der Waals surface area contributed by atoms with E-state index in [4.69, 9.17) is 28.5 Å². The van der Waals surface area contributed by atoms with Gasteiger partial charge in [-0.3, -0.25) is 14.6 Å². The van der Waals surface area contributed by atoms with Gasteiger partial charge in [0, 0.05) is 55.0 Å². The van der Waals surface area contributed by atoms with Crippen molar-refractivity contribution in [3.05, 3.63) is 60.5 Å². The van der Waals surface area contributed by atoms with Crippen molar-refractivity contribution in [1.29, 1.82) is 0 Å². The fourth-order valence-electron chi connectivity index (χ4n) is 6.22. The Balaban J connectivity index is 0.914. The minimum Gasteiger partial charge on any atom is -0.492 e. The molecule has 2 aliphatic rings. The number of carbonyl (C=O) groups is 2. The van der Waals surface area contributed by atoms with Crippen LogP contribution in [0.3, 0.4) is 0 Å². The van der Waals surface area contributed by atoms with Gasteiger partial charge in [-0.15, -0.1) is 0 Å². The Morgan fingerprint density at radius 2 is 1.81 bits per heavy atom.